The van der Waals surface area contributed by atoms with Crippen molar-refractivity contribution in [3.8, 4) is 6.07 Å². The largest absolute Gasteiger partial charge is 0.310 e. The first-order valence-corrected chi connectivity index (χ1v) is 7.12. The van der Waals surface area contributed by atoms with E-state index in [1.54, 1.807) is 17.4 Å². The number of nitrogens with zero attached hydrogens (tertiary/aromatic N) is 1. The highest BCUT2D eigenvalue weighted by Gasteiger charge is 2.12. The highest BCUT2D eigenvalue weighted by atomic mass is 32.1. The van der Waals surface area contributed by atoms with E-state index in [0.29, 0.717) is 0 Å². The average Bonchev–Trinajstić information content (AvgIpc) is 2.90. The summed E-state index contributed by atoms with van der Waals surface area (Å²) in [6.07, 6.45) is 0.817. The standard InChI is InChI=1S/C15H14F2N2S/c1-10(5-12-3-2-4-20-12)19-9-13-14(16)6-11(8-18)7-15(13)17/h2-4,6-7,10,19H,5,9H2,1H3. The van der Waals surface area contributed by atoms with Crippen molar-refractivity contribution >= 4 is 11.3 Å². The number of benzene rings is 1. The molecule has 0 amide bonds. The Morgan fingerprint density at radius 1 is 1.35 bits per heavy atom. The van der Waals surface area contributed by atoms with Gasteiger partial charge in [0, 0.05) is 23.0 Å². The number of hydrogen-bond donors (Lipinski definition) is 1. The van der Waals surface area contributed by atoms with Crippen molar-refractivity contribution in [3.63, 3.8) is 0 Å². The van der Waals surface area contributed by atoms with Crippen LogP contribution in [0.25, 0.3) is 0 Å². The number of nitrogens with one attached hydrogen (secondary N) is 1. The summed E-state index contributed by atoms with van der Waals surface area (Å²) in [5.74, 6) is -1.37. The maximum absolute atomic E-state index is 13.7. The SMILES string of the molecule is CC(Cc1cccs1)NCc1c(F)cc(C#N)cc1F. The molecule has 5 heteroatoms. The van der Waals surface area contributed by atoms with Gasteiger partial charge in [-0.15, -0.1) is 11.3 Å². The van der Waals surface area contributed by atoms with E-state index in [2.05, 4.69) is 5.32 Å². The molecule has 1 aromatic carbocycles. The normalized spacial score (nSPS) is 12.1. The van der Waals surface area contributed by atoms with E-state index in [-0.39, 0.29) is 23.7 Å². The van der Waals surface area contributed by atoms with Crippen LogP contribution >= 0.6 is 11.3 Å². The number of thiophene rings is 1. The van der Waals surface area contributed by atoms with Crippen molar-refractivity contribution in [2.24, 2.45) is 0 Å². The van der Waals surface area contributed by atoms with Gasteiger partial charge in [-0.05, 0) is 36.9 Å². The Kier molecular flexibility index (Phi) is 4.83. The zero-order valence-corrected chi connectivity index (χ0v) is 11.8. The second-order valence-electron chi connectivity index (χ2n) is 4.60. The molecule has 20 heavy (non-hydrogen) atoms. The van der Waals surface area contributed by atoms with Crippen LogP contribution < -0.4 is 5.32 Å². The van der Waals surface area contributed by atoms with Crippen LogP contribution in [0.15, 0.2) is 29.6 Å². The monoisotopic (exact) mass is 292 g/mol. The fourth-order valence-corrected chi connectivity index (χ4v) is 2.75. The van der Waals surface area contributed by atoms with Gasteiger partial charge in [0.15, 0.2) is 0 Å². The number of rotatable bonds is 5. The maximum atomic E-state index is 13.7. The molecule has 104 valence electrons. The van der Waals surface area contributed by atoms with Gasteiger partial charge in [0.2, 0.25) is 0 Å². The van der Waals surface area contributed by atoms with Gasteiger partial charge in [-0.25, -0.2) is 8.78 Å². The minimum Gasteiger partial charge on any atom is -0.310 e. The summed E-state index contributed by atoms with van der Waals surface area (Å²) in [6.45, 7) is 2.08. The van der Waals surface area contributed by atoms with Crippen molar-refractivity contribution in [1.29, 1.82) is 5.26 Å². The lowest BCUT2D eigenvalue weighted by Crippen LogP contribution is -2.28. The van der Waals surface area contributed by atoms with Gasteiger partial charge in [0.05, 0.1) is 11.6 Å². The Hall–Kier alpha value is -1.77. The molecule has 0 fully saturated rings. The van der Waals surface area contributed by atoms with Crippen LogP contribution in [0, 0.1) is 23.0 Å². The molecular weight excluding hydrogens is 278 g/mol. The minimum absolute atomic E-state index is 0.00427. The molecule has 2 nitrogen and oxygen atoms in total. The second-order valence-corrected chi connectivity index (χ2v) is 5.63. The molecule has 0 aliphatic heterocycles. The Morgan fingerprint density at radius 2 is 2.05 bits per heavy atom. The third kappa shape index (κ3) is 3.62. The van der Waals surface area contributed by atoms with Crippen LogP contribution in [0.2, 0.25) is 0 Å². The number of halogens is 2. The summed E-state index contributed by atoms with van der Waals surface area (Å²) in [5.41, 5.74) is -0.0302. The smallest absolute Gasteiger partial charge is 0.131 e. The molecule has 0 bridgehead atoms. The summed E-state index contributed by atoms with van der Waals surface area (Å²) < 4.78 is 27.4. The van der Waals surface area contributed by atoms with Crippen LogP contribution in [-0.2, 0) is 13.0 Å². The molecule has 1 atom stereocenters. The van der Waals surface area contributed by atoms with Gasteiger partial charge in [0.25, 0.3) is 0 Å². The van der Waals surface area contributed by atoms with E-state index in [0.717, 1.165) is 18.6 Å². The predicted molar refractivity (Wildman–Crippen MR) is 75.4 cm³/mol. The molecule has 1 aromatic heterocycles. The van der Waals surface area contributed by atoms with Crippen molar-refractivity contribution < 1.29 is 8.78 Å². The number of hydrogen-bond acceptors (Lipinski definition) is 3. The first kappa shape index (κ1) is 14.6. The summed E-state index contributed by atoms with van der Waals surface area (Å²) in [5, 5.41) is 13.7. The Bertz CT molecular complexity index is 594. The van der Waals surface area contributed by atoms with E-state index in [1.807, 2.05) is 24.4 Å². The maximum Gasteiger partial charge on any atom is 0.131 e. The van der Waals surface area contributed by atoms with E-state index in [9.17, 15) is 8.78 Å². The lowest BCUT2D eigenvalue weighted by atomic mass is 10.1. The molecule has 1 unspecified atom stereocenters. The zero-order valence-electron chi connectivity index (χ0n) is 11.0. The van der Waals surface area contributed by atoms with Crippen LogP contribution in [0.3, 0.4) is 0 Å². The molecule has 2 aromatic rings. The molecule has 0 spiro atoms. The highest BCUT2D eigenvalue weighted by Crippen LogP contribution is 2.16. The van der Waals surface area contributed by atoms with Crippen LogP contribution in [0.1, 0.15) is 22.9 Å². The molecule has 2 rings (SSSR count). The molecular formula is C15H14F2N2S. The highest BCUT2D eigenvalue weighted by molar-refractivity contribution is 7.09. The molecule has 1 heterocycles. The third-order valence-electron chi connectivity index (χ3n) is 2.98. The second kappa shape index (κ2) is 6.60. The van der Waals surface area contributed by atoms with Gasteiger partial charge in [-0.3, -0.25) is 0 Å². The first-order chi connectivity index (χ1) is 9.60. The molecule has 0 saturated heterocycles. The average molecular weight is 292 g/mol. The van der Waals surface area contributed by atoms with Gasteiger partial charge < -0.3 is 5.32 Å². The van der Waals surface area contributed by atoms with Gasteiger partial charge in [-0.1, -0.05) is 6.07 Å². The summed E-state index contributed by atoms with van der Waals surface area (Å²) >= 11 is 1.66. The van der Waals surface area contributed by atoms with Crippen molar-refractivity contribution in [2.75, 3.05) is 0 Å². The Labute approximate surface area is 120 Å². The predicted octanol–water partition coefficient (Wildman–Crippen LogP) is 3.62. The van der Waals surface area contributed by atoms with Crippen molar-refractivity contribution in [1.82, 2.24) is 5.32 Å². The van der Waals surface area contributed by atoms with E-state index >= 15 is 0 Å². The van der Waals surface area contributed by atoms with E-state index < -0.39 is 11.6 Å². The Balaban J connectivity index is 1.99. The van der Waals surface area contributed by atoms with Crippen molar-refractivity contribution in [3.05, 3.63) is 57.3 Å². The molecule has 0 aliphatic rings. The van der Waals surface area contributed by atoms with E-state index in [1.165, 1.54) is 4.88 Å². The van der Waals surface area contributed by atoms with Crippen molar-refractivity contribution in [2.45, 2.75) is 25.9 Å². The van der Waals surface area contributed by atoms with Gasteiger partial charge >= 0.3 is 0 Å². The molecule has 0 aliphatic carbocycles. The number of nitriles is 1. The van der Waals surface area contributed by atoms with Gasteiger partial charge in [0.1, 0.15) is 11.6 Å². The van der Waals surface area contributed by atoms with Crippen LogP contribution in [0.4, 0.5) is 8.78 Å². The molecule has 0 saturated carbocycles. The quantitative estimate of drug-likeness (QED) is 0.913. The minimum atomic E-state index is -0.683. The van der Waals surface area contributed by atoms with Crippen LogP contribution in [-0.4, -0.2) is 6.04 Å². The fraction of sp³-hybridized carbons (Fsp3) is 0.267. The topological polar surface area (TPSA) is 35.8 Å². The summed E-state index contributed by atoms with van der Waals surface area (Å²) in [7, 11) is 0. The lowest BCUT2D eigenvalue weighted by molar-refractivity contribution is 0.499. The Morgan fingerprint density at radius 3 is 2.60 bits per heavy atom. The van der Waals surface area contributed by atoms with Gasteiger partial charge in [-0.2, -0.15) is 5.26 Å². The fourth-order valence-electron chi connectivity index (χ4n) is 1.92. The summed E-state index contributed by atoms with van der Waals surface area (Å²) in [4.78, 5) is 1.23. The lowest BCUT2D eigenvalue weighted by Gasteiger charge is -2.14. The van der Waals surface area contributed by atoms with E-state index in [4.69, 9.17) is 5.26 Å². The zero-order chi connectivity index (χ0) is 14.5. The first-order valence-electron chi connectivity index (χ1n) is 6.24. The third-order valence-corrected chi connectivity index (χ3v) is 3.88. The molecule has 1 N–H and O–H groups in total. The van der Waals surface area contributed by atoms with Crippen LogP contribution in [0.5, 0.6) is 0 Å². The molecule has 0 radical (unpaired) electrons. The summed E-state index contributed by atoms with van der Waals surface area (Å²) in [6, 6.07) is 7.98.